The molecule has 0 heterocycles. The molecule has 5 nitrogen and oxygen atoms in total. The van der Waals surface area contributed by atoms with Crippen molar-refractivity contribution in [1.82, 2.24) is 4.72 Å². The Morgan fingerprint density at radius 1 is 1.50 bits per heavy atom. The van der Waals surface area contributed by atoms with Gasteiger partial charge in [0.1, 0.15) is 10.7 Å². The summed E-state index contributed by atoms with van der Waals surface area (Å²) in [7, 11) is -4.08. The van der Waals surface area contributed by atoms with Crippen LogP contribution in [0.15, 0.2) is 23.1 Å². The summed E-state index contributed by atoms with van der Waals surface area (Å²) in [4.78, 5) is -0.545. The van der Waals surface area contributed by atoms with Gasteiger partial charge in [-0.2, -0.15) is 5.26 Å². The minimum Gasteiger partial charge on any atom is -0.389 e. The third-order valence-corrected chi connectivity index (χ3v) is 4.65. The van der Waals surface area contributed by atoms with Gasteiger partial charge in [0.2, 0.25) is 10.0 Å². The lowest BCUT2D eigenvalue weighted by atomic mass is 9.93. The molecule has 110 valence electrons. The summed E-state index contributed by atoms with van der Waals surface area (Å²) in [6.45, 7) is 4.76. The van der Waals surface area contributed by atoms with Crippen LogP contribution in [0.2, 0.25) is 0 Å². The molecule has 1 rings (SSSR count). The van der Waals surface area contributed by atoms with Gasteiger partial charge in [-0.15, -0.1) is 0 Å². The van der Waals surface area contributed by atoms with Gasteiger partial charge in [-0.25, -0.2) is 17.5 Å². The molecule has 0 aliphatic heterocycles. The molecule has 1 atom stereocenters. The second-order valence-corrected chi connectivity index (χ2v) is 6.83. The van der Waals surface area contributed by atoms with E-state index in [1.54, 1.807) is 19.9 Å². The van der Waals surface area contributed by atoms with Crippen LogP contribution in [0.5, 0.6) is 0 Å². The largest absolute Gasteiger partial charge is 0.389 e. The Morgan fingerprint density at radius 3 is 2.55 bits per heavy atom. The number of sulfonamides is 1. The van der Waals surface area contributed by atoms with Gasteiger partial charge in [-0.1, -0.05) is 13.8 Å². The highest BCUT2D eigenvalue weighted by Gasteiger charge is 2.28. The van der Waals surface area contributed by atoms with Crippen molar-refractivity contribution in [3.05, 3.63) is 29.6 Å². The fourth-order valence-corrected chi connectivity index (χ4v) is 2.51. The molecule has 1 aromatic rings. The molecule has 20 heavy (non-hydrogen) atoms. The lowest BCUT2D eigenvalue weighted by Gasteiger charge is -2.27. The van der Waals surface area contributed by atoms with Crippen LogP contribution in [0.25, 0.3) is 0 Å². The lowest BCUT2D eigenvalue weighted by Crippen LogP contribution is -2.44. The van der Waals surface area contributed by atoms with Crippen LogP contribution in [-0.2, 0) is 10.0 Å². The molecule has 1 aromatic carbocycles. The number of aliphatic hydroxyl groups is 1. The summed E-state index contributed by atoms with van der Waals surface area (Å²) in [6, 6.07) is 4.83. The molecule has 7 heteroatoms. The molecule has 2 N–H and O–H groups in total. The predicted octanol–water partition coefficient (Wildman–Crippen LogP) is 1.38. The summed E-state index contributed by atoms with van der Waals surface area (Å²) >= 11 is 0. The first kappa shape index (κ1) is 16.6. The van der Waals surface area contributed by atoms with Crippen LogP contribution in [0.4, 0.5) is 4.39 Å². The van der Waals surface area contributed by atoms with E-state index in [0.29, 0.717) is 0 Å². The molecule has 0 spiro atoms. The topological polar surface area (TPSA) is 90.2 Å². The molecule has 0 saturated carbocycles. The fraction of sp³-hybridized carbons (Fsp3) is 0.462. The first-order valence-electron chi connectivity index (χ1n) is 6.02. The molecule has 0 bridgehead atoms. The number of benzene rings is 1. The summed E-state index contributed by atoms with van der Waals surface area (Å²) in [5.74, 6) is -1.17. The van der Waals surface area contributed by atoms with Gasteiger partial charge >= 0.3 is 0 Å². The van der Waals surface area contributed by atoms with Crippen molar-refractivity contribution in [2.75, 3.05) is 6.54 Å². The second kappa shape index (κ2) is 5.87. The van der Waals surface area contributed by atoms with Crippen molar-refractivity contribution in [2.24, 2.45) is 5.92 Å². The Balaban J connectivity index is 2.99. The minimum absolute atomic E-state index is 0.0376. The Bertz CT molecular complexity index is 634. The number of nitrogens with zero attached hydrogens (tertiary/aromatic N) is 1. The average molecular weight is 300 g/mol. The summed E-state index contributed by atoms with van der Waals surface area (Å²) < 4.78 is 39.8. The molecule has 0 aliphatic carbocycles. The van der Waals surface area contributed by atoms with E-state index >= 15 is 0 Å². The van der Waals surface area contributed by atoms with Crippen molar-refractivity contribution >= 4 is 10.0 Å². The van der Waals surface area contributed by atoms with E-state index in [2.05, 4.69) is 4.72 Å². The normalized spacial score (nSPS) is 14.8. The van der Waals surface area contributed by atoms with Gasteiger partial charge < -0.3 is 5.11 Å². The molecule has 1 unspecified atom stereocenters. The Morgan fingerprint density at radius 2 is 2.10 bits per heavy atom. The Hall–Kier alpha value is -1.49. The second-order valence-electron chi connectivity index (χ2n) is 5.09. The highest BCUT2D eigenvalue weighted by Crippen LogP contribution is 2.18. The van der Waals surface area contributed by atoms with Crippen molar-refractivity contribution in [3.63, 3.8) is 0 Å². The zero-order valence-electron chi connectivity index (χ0n) is 11.5. The monoisotopic (exact) mass is 300 g/mol. The Kier molecular flexibility index (Phi) is 4.86. The van der Waals surface area contributed by atoms with Gasteiger partial charge in [0.25, 0.3) is 0 Å². The standard InChI is InChI=1S/C13H17FN2O3S/c1-9(2)13(3,17)8-16-20(18,19)12-5-4-10(7-15)6-11(12)14/h4-6,9,16-17H,8H2,1-3H3. The molecule has 0 radical (unpaired) electrons. The molecule has 0 aromatic heterocycles. The van der Waals surface area contributed by atoms with Crippen LogP contribution in [0.3, 0.4) is 0 Å². The number of halogens is 1. The smallest absolute Gasteiger partial charge is 0.243 e. The van der Waals surface area contributed by atoms with Crippen molar-refractivity contribution in [1.29, 1.82) is 5.26 Å². The SMILES string of the molecule is CC(C)C(C)(O)CNS(=O)(=O)c1ccc(C#N)cc1F. The van der Waals surface area contributed by atoms with E-state index in [1.165, 1.54) is 13.0 Å². The van der Waals surface area contributed by atoms with Crippen LogP contribution in [-0.4, -0.2) is 25.7 Å². The molecule has 0 amide bonds. The van der Waals surface area contributed by atoms with Crippen molar-refractivity contribution in [2.45, 2.75) is 31.3 Å². The summed E-state index contributed by atoms with van der Waals surface area (Å²) in [6.07, 6.45) is 0. The predicted molar refractivity (Wildman–Crippen MR) is 71.8 cm³/mol. The molecule has 0 aliphatic rings. The first-order valence-corrected chi connectivity index (χ1v) is 7.50. The maximum atomic E-state index is 13.7. The zero-order valence-corrected chi connectivity index (χ0v) is 12.3. The molecule has 0 fully saturated rings. The maximum absolute atomic E-state index is 13.7. The van der Waals surface area contributed by atoms with E-state index in [4.69, 9.17) is 5.26 Å². The van der Waals surface area contributed by atoms with Crippen LogP contribution < -0.4 is 4.72 Å². The van der Waals surface area contributed by atoms with Gasteiger partial charge in [-0.3, -0.25) is 0 Å². The highest BCUT2D eigenvalue weighted by atomic mass is 32.2. The third kappa shape index (κ3) is 3.76. The number of nitrogens with one attached hydrogen (secondary N) is 1. The first-order chi connectivity index (χ1) is 9.10. The maximum Gasteiger partial charge on any atom is 0.243 e. The van der Waals surface area contributed by atoms with E-state index < -0.39 is 26.3 Å². The van der Waals surface area contributed by atoms with Crippen LogP contribution in [0.1, 0.15) is 26.3 Å². The lowest BCUT2D eigenvalue weighted by molar-refractivity contribution is 0.0190. The summed E-state index contributed by atoms with van der Waals surface area (Å²) in [5, 5.41) is 18.6. The number of nitriles is 1. The zero-order chi connectivity index (χ0) is 15.6. The molecular formula is C13H17FN2O3S. The minimum atomic E-state index is -4.08. The van der Waals surface area contributed by atoms with Crippen LogP contribution in [0, 0.1) is 23.1 Å². The van der Waals surface area contributed by atoms with E-state index in [0.717, 1.165) is 12.1 Å². The van der Waals surface area contributed by atoms with E-state index in [-0.39, 0.29) is 18.0 Å². The average Bonchev–Trinajstić information content (AvgIpc) is 2.36. The molecule has 0 saturated heterocycles. The Labute approximate surface area is 118 Å². The summed E-state index contributed by atoms with van der Waals surface area (Å²) in [5.41, 5.74) is -1.20. The third-order valence-electron chi connectivity index (χ3n) is 3.21. The van der Waals surface area contributed by atoms with Gasteiger partial charge in [0, 0.05) is 6.54 Å². The van der Waals surface area contributed by atoms with Crippen molar-refractivity contribution < 1.29 is 17.9 Å². The molecular weight excluding hydrogens is 283 g/mol. The van der Waals surface area contributed by atoms with E-state index in [9.17, 15) is 17.9 Å². The highest BCUT2D eigenvalue weighted by molar-refractivity contribution is 7.89. The van der Waals surface area contributed by atoms with Crippen molar-refractivity contribution in [3.8, 4) is 6.07 Å². The van der Waals surface area contributed by atoms with E-state index in [1.807, 2.05) is 0 Å². The fourth-order valence-electron chi connectivity index (χ4n) is 1.31. The van der Waals surface area contributed by atoms with Gasteiger partial charge in [0.15, 0.2) is 0 Å². The number of hydrogen-bond donors (Lipinski definition) is 2. The number of rotatable bonds is 5. The van der Waals surface area contributed by atoms with Gasteiger partial charge in [-0.05, 0) is 31.0 Å². The quantitative estimate of drug-likeness (QED) is 0.859. The van der Waals surface area contributed by atoms with Crippen LogP contribution >= 0.6 is 0 Å². The number of hydrogen-bond acceptors (Lipinski definition) is 4. The van der Waals surface area contributed by atoms with Gasteiger partial charge in [0.05, 0.1) is 17.2 Å².